The SMILES string of the molecule is C[C@H]1CN(/C(=N/O)c2nonc2N)C[C@H](C)N1/C(=N\O)c1nonc1N. The van der Waals surface area contributed by atoms with Crippen molar-refractivity contribution in [2.45, 2.75) is 25.9 Å². The highest BCUT2D eigenvalue weighted by atomic mass is 16.6. The molecule has 2 aromatic rings. The molecule has 6 N–H and O–H groups in total. The summed E-state index contributed by atoms with van der Waals surface area (Å²) in [6, 6.07) is -0.392. The molecular weight excluding hydrogens is 348 g/mol. The quantitative estimate of drug-likeness (QED) is 0.218. The van der Waals surface area contributed by atoms with Gasteiger partial charge in [-0.25, -0.2) is 9.26 Å². The Hall–Kier alpha value is -3.58. The van der Waals surface area contributed by atoms with Gasteiger partial charge in [-0.3, -0.25) is 0 Å². The molecule has 0 spiro atoms. The van der Waals surface area contributed by atoms with E-state index in [9.17, 15) is 10.4 Å². The minimum Gasteiger partial charge on any atom is -0.409 e. The van der Waals surface area contributed by atoms with Crippen LogP contribution in [0.4, 0.5) is 11.6 Å². The summed E-state index contributed by atoms with van der Waals surface area (Å²) in [5.74, 6) is 0.291. The van der Waals surface area contributed by atoms with Gasteiger partial charge in [0.2, 0.25) is 11.7 Å². The van der Waals surface area contributed by atoms with Crippen molar-refractivity contribution in [1.29, 1.82) is 0 Å². The van der Waals surface area contributed by atoms with Crippen molar-refractivity contribution in [2.24, 2.45) is 10.3 Å². The Kier molecular flexibility index (Phi) is 4.47. The average Bonchev–Trinajstić information content (AvgIpc) is 3.21. The van der Waals surface area contributed by atoms with Crippen LogP contribution >= 0.6 is 0 Å². The van der Waals surface area contributed by atoms with E-state index in [4.69, 9.17) is 11.5 Å². The number of aromatic nitrogens is 4. The van der Waals surface area contributed by atoms with Gasteiger partial charge in [0.1, 0.15) is 0 Å². The Morgan fingerprint density at radius 3 is 1.77 bits per heavy atom. The van der Waals surface area contributed by atoms with E-state index in [-0.39, 0.29) is 46.8 Å². The maximum atomic E-state index is 9.47. The highest BCUT2D eigenvalue weighted by Crippen LogP contribution is 2.23. The van der Waals surface area contributed by atoms with Crippen LogP contribution in [0.5, 0.6) is 0 Å². The predicted molar refractivity (Wildman–Crippen MR) is 86.4 cm³/mol. The van der Waals surface area contributed by atoms with Crippen LogP contribution < -0.4 is 11.5 Å². The topological polar surface area (TPSA) is 202 Å². The van der Waals surface area contributed by atoms with Crippen molar-refractivity contribution in [1.82, 2.24) is 30.4 Å². The Labute approximate surface area is 146 Å². The first-order chi connectivity index (χ1) is 12.5. The zero-order chi connectivity index (χ0) is 18.8. The molecule has 0 aliphatic carbocycles. The highest BCUT2D eigenvalue weighted by molar-refractivity contribution is 6.02. The number of nitrogens with two attached hydrogens (primary N) is 2. The molecule has 14 nitrogen and oxygen atoms in total. The fourth-order valence-electron chi connectivity index (χ4n) is 3.10. The number of hydrogen-bond acceptors (Lipinski definition) is 12. The molecule has 1 saturated heterocycles. The van der Waals surface area contributed by atoms with Gasteiger partial charge < -0.3 is 31.7 Å². The molecule has 3 heterocycles. The van der Waals surface area contributed by atoms with Crippen LogP contribution in [0.15, 0.2) is 19.6 Å². The van der Waals surface area contributed by atoms with Crippen LogP contribution in [-0.4, -0.2) is 77.7 Å². The Morgan fingerprint density at radius 1 is 0.923 bits per heavy atom. The Bertz CT molecular complexity index is 818. The third-order valence-corrected chi connectivity index (χ3v) is 4.10. The van der Waals surface area contributed by atoms with E-state index >= 15 is 0 Å². The smallest absolute Gasteiger partial charge is 0.202 e. The second-order valence-electron chi connectivity index (χ2n) is 5.85. The summed E-state index contributed by atoms with van der Waals surface area (Å²) in [6.07, 6.45) is 0. The summed E-state index contributed by atoms with van der Waals surface area (Å²) in [6.45, 7) is 4.55. The van der Waals surface area contributed by atoms with Crippen molar-refractivity contribution >= 4 is 23.3 Å². The lowest BCUT2D eigenvalue weighted by Crippen LogP contribution is -2.60. The van der Waals surface area contributed by atoms with E-state index in [1.165, 1.54) is 0 Å². The first-order valence-corrected chi connectivity index (χ1v) is 7.62. The maximum absolute atomic E-state index is 9.47. The molecule has 1 fully saturated rings. The molecule has 0 bridgehead atoms. The molecule has 140 valence electrons. The largest absolute Gasteiger partial charge is 0.409 e. The first kappa shape index (κ1) is 17.2. The van der Waals surface area contributed by atoms with Gasteiger partial charge in [0.15, 0.2) is 23.0 Å². The number of anilines is 2. The zero-order valence-electron chi connectivity index (χ0n) is 14.0. The third-order valence-electron chi connectivity index (χ3n) is 4.10. The van der Waals surface area contributed by atoms with E-state index in [2.05, 4.69) is 40.2 Å². The number of hydrogen-bond donors (Lipinski definition) is 4. The monoisotopic (exact) mass is 366 g/mol. The van der Waals surface area contributed by atoms with Crippen molar-refractivity contribution in [2.75, 3.05) is 24.6 Å². The van der Waals surface area contributed by atoms with Crippen LogP contribution in [-0.2, 0) is 0 Å². The molecule has 1 aliphatic heterocycles. The van der Waals surface area contributed by atoms with Crippen LogP contribution in [0.3, 0.4) is 0 Å². The molecular formula is C12H18N10O4. The summed E-state index contributed by atoms with van der Waals surface area (Å²) in [4.78, 5) is 3.58. The normalized spacial score (nSPS) is 22.1. The lowest BCUT2D eigenvalue weighted by molar-refractivity contribution is 0.132. The first-order valence-electron chi connectivity index (χ1n) is 7.62. The van der Waals surface area contributed by atoms with E-state index in [1.54, 1.807) is 4.90 Å². The Balaban J connectivity index is 1.86. The van der Waals surface area contributed by atoms with E-state index < -0.39 is 0 Å². The van der Waals surface area contributed by atoms with Gasteiger partial charge in [-0.1, -0.05) is 10.3 Å². The van der Waals surface area contributed by atoms with Gasteiger partial charge >= 0.3 is 0 Å². The van der Waals surface area contributed by atoms with Gasteiger partial charge in [0.05, 0.1) is 0 Å². The summed E-state index contributed by atoms with van der Waals surface area (Å²) in [5, 5.41) is 39.8. The fourth-order valence-corrected chi connectivity index (χ4v) is 3.10. The fraction of sp³-hybridized carbons (Fsp3) is 0.500. The number of rotatable bonds is 2. The maximum Gasteiger partial charge on any atom is 0.202 e. The van der Waals surface area contributed by atoms with Gasteiger partial charge in [0, 0.05) is 25.2 Å². The second-order valence-corrected chi connectivity index (χ2v) is 5.85. The summed E-state index contributed by atoms with van der Waals surface area (Å²) in [7, 11) is 0. The minimum absolute atomic E-state index is 0.0127. The van der Waals surface area contributed by atoms with Crippen LogP contribution in [0.25, 0.3) is 0 Å². The molecule has 0 saturated carbocycles. The van der Waals surface area contributed by atoms with Crippen molar-refractivity contribution in [3.63, 3.8) is 0 Å². The van der Waals surface area contributed by atoms with Crippen LogP contribution in [0.2, 0.25) is 0 Å². The van der Waals surface area contributed by atoms with Gasteiger partial charge in [-0.05, 0) is 34.5 Å². The standard InChI is InChI=1S/C12H18N10O4/c1-5-3-21(11(15-23)7-9(13)19-25-17-7)4-6(2)22(5)12(16-24)8-10(14)20-26-18-8/h5-6,23-24H,3-4H2,1-2H3,(H2,13,19)(H2,14,20)/b15-11+,16-12-/t5-,6-/m0/s1. The summed E-state index contributed by atoms with van der Waals surface area (Å²) < 4.78 is 9.15. The molecule has 26 heavy (non-hydrogen) atoms. The van der Waals surface area contributed by atoms with Crippen molar-refractivity contribution < 1.29 is 19.7 Å². The summed E-state index contributed by atoms with van der Waals surface area (Å²) in [5.41, 5.74) is 11.7. The number of nitrogen functional groups attached to an aromatic ring is 2. The third kappa shape index (κ3) is 2.80. The van der Waals surface area contributed by atoms with E-state index in [0.717, 1.165) is 0 Å². The molecule has 2 atom stereocenters. The molecule has 0 aromatic carbocycles. The van der Waals surface area contributed by atoms with Gasteiger partial charge in [-0.15, -0.1) is 0 Å². The number of amidine groups is 2. The number of piperazine rings is 1. The molecule has 14 heteroatoms. The number of nitrogens with zero attached hydrogens (tertiary/aromatic N) is 8. The lowest BCUT2D eigenvalue weighted by atomic mass is 10.1. The zero-order valence-corrected chi connectivity index (χ0v) is 14.0. The molecule has 3 rings (SSSR count). The number of oxime groups is 2. The van der Waals surface area contributed by atoms with Crippen molar-refractivity contribution in [3.8, 4) is 0 Å². The Morgan fingerprint density at radius 2 is 1.38 bits per heavy atom. The van der Waals surface area contributed by atoms with Crippen LogP contribution in [0, 0.1) is 0 Å². The molecule has 0 amide bonds. The highest BCUT2D eigenvalue weighted by Gasteiger charge is 2.37. The second kappa shape index (κ2) is 6.73. The molecule has 1 aliphatic rings. The van der Waals surface area contributed by atoms with E-state index in [1.807, 2.05) is 18.7 Å². The van der Waals surface area contributed by atoms with E-state index in [0.29, 0.717) is 13.1 Å². The lowest BCUT2D eigenvalue weighted by Gasteiger charge is -2.45. The average molecular weight is 366 g/mol. The van der Waals surface area contributed by atoms with Gasteiger partial charge in [-0.2, -0.15) is 0 Å². The predicted octanol–water partition coefficient (Wildman–Crippen LogP) is -1.02. The van der Waals surface area contributed by atoms with Crippen LogP contribution in [0.1, 0.15) is 25.2 Å². The molecule has 0 unspecified atom stereocenters. The van der Waals surface area contributed by atoms with Crippen molar-refractivity contribution in [3.05, 3.63) is 11.4 Å². The summed E-state index contributed by atoms with van der Waals surface area (Å²) >= 11 is 0. The van der Waals surface area contributed by atoms with Gasteiger partial charge in [0.25, 0.3) is 0 Å². The minimum atomic E-state index is -0.196. The molecule has 2 aromatic heterocycles. The molecule has 0 radical (unpaired) electrons.